The minimum atomic E-state index is -0.243. The Bertz CT molecular complexity index is 862. The number of nitrogens with one attached hydrogen (secondary N) is 2. The number of anilines is 1. The number of carbonyl (C=O) groups excluding carboxylic acids is 2. The quantitative estimate of drug-likeness (QED) is 0.678. The van der Waals surface area contributed by atoms with Gasteiger partial charge in [-0.3, -0.25) is 4.79 Å². The lowest BCUT2D eigenvalue weighted by Gasteiger charge is -2.28. The molecule has 0 bridgehead atoms. The lowest BCUT2D eigenvalue weighted by atomic mass is 10.1. The molecule has 166 valence electrons. The minimum absolute atomic E-state index is 0.0241. The highest BCUT2D eigenvalue weighted by Crippen LogP contribution is 2.14. The molecule has 3 amide bonds. The number of amides is 3. The van der Waals surface area contributed by atoms with Crippen molar-refractivity contribution in [1.82, 2.24) is 20.5 Å². The van der Waals surface area contributed by atoms with Gasteiger partial charge in [0.05, 0.1) is 13.2 Å². The number of morpholine rings is 1. The minimum Gasteiger partial charge on any atom is -0.378 e. The molecule has 0 aliphatic carbocycles. The van der Waals surface area contributed by atoms with Crippen LogP contribution in [0.4, 0.5) is 10.6 Å². The van der Waals surface area contributed by atoms with Gasteiger partial charge in [-0.2, -0.15) is 0 Å². The van der Waals surface area contributed by atoms with Crippen LogP contribution in [0.3, 0.4) is 0 Å². The number of aromatic nitrogens is 1. The van der Waals surface area contributed by atoms with Crippen molar-refractivity contribution in [2.24, 2.45) is 0 Å². The number of hydrogen-bond acceptors (Lipinski definition) is 5. The number of carbonyl (C=O) groups is 2. The molecule has 1 aliphatic rings. The van der Waals surface area contributed by atoms with Gasteiger partial charge >= 0.3 is 6.03 Å². The molecular weight excluding hydrogens is 394 g/mol. The number of hydrogen-bond donors (Lipinski definition) is 2. The molecule has 0 spiro atoms. The Morgan fingerprint density at radius 1 is 1.00 bits per heavy atom. The molecule has 2 heterocycles. The third kappa shape index (κ3) is 6.42. The lowest BCUT2D eigenvalue weighted by Crippen LogP contribution is -2.37. The van der Waals surface area contributed by atoms with Gasteiger partial charge in [0, 0.05) is 51.0 Å². The summed E-state index contributed by atoms with van der Waals surface area (Å²) < 4.78 is 5.38. The third-order valence-corrected chi connectivity index (χ3v) is 5.30. The maximum atomic E-state index is 12.4. The van der Waals surface area contributed by atoms with Crippen LogP contribution in [0.15, 0.2) is 42.6 Å². The predicted octanol–water partition coefficient (Wildman–Crippen LogP) is 2.40. The van der Waals surface area contributed by atoms with Gasteiger partial charge in [0.25, 0.3) is 5.91 Å². The van der Waals surface area contributed by atoms with Gasteiger partial charge in [0.1, 0.15) is 5.82 Å². The maximum absolute atomic E-state index is 12.4. The zero-order valence-corrected chi connectivity index (χ0v) is 18.3. The first kappa shape index (κ1) is 22.6. The Morgan fingerprint density at radius 2 is 1.65 bits per heavy atom. The molecule has 2 aromatic rings. The summed E-state index contributed by atoms with van der Waals surface area (Å²) in [5, 5.41) is 5.73. The van der Waals surface area contributed by atoms with Crippen LogP contribution in [-0.2, 0) is 17.8 Å². The van der Waals surface area contributed by atoms with Crippen molar-refractivity contribution in [1.29, 1.82) is 0 Å². The smallest absolute Gasteiger partial charge is 0.315 e. The maximum Gasteiger partial charge on any atom is 0.315 e. The molecule has 1 aromatic heterocycles. The Hall–Kier alpha value is -3.13. The number of pyridine rings is 1. The standard InChI is InChI=1S/C23H31N5O3/c1-3-27(4-2)22(29)20-7-5-18(6-8-20)16-25-23(30)26-17-19-9-10-24-21(15-19)28-11-13-31-14-12-28/h5-10,15H,3-4,11-14,16-17H2,1-2H3,(H2,25,26,30). The average molecular weight is 426 g/mol. The highest BCUT2D eigenvalue weighted by molar-refractivity contribution is 5.94. The molecule has 1 aromatic carbocycles. The molecule has 31 heavy (non-hydrogen) atoms. The van der Waals surface area contributed by atoms with Crippen molar-refractivity contribution >= 4 is 17.8 Å². The SMILES string of the molecule is CCN(CC)C(=O)c1ccc(CNC(=O)NCc2ccnc(N3CCOCC3)c2)cc1. The van der Waals surface area contributed by atoms with E-state index in [4.69, 9.17) is 4.74 Å². The van der Waals surface area contributed by atoms with E-state index in [1.807, 2.05) is 38.1 Å². The van der Waals surface area contributed by atoms with E-state index in [-0.39, 0.29) is 11.9 Å². The third-order valence-electron chi connectivity index (χ3n) is 5.30. The molecule has 0 radical (unpaired) electrons. The summed E-state index contributed by atoms with van der Waals surface area (Å²) >= 11 is 0. The molecule has 2 N–H and O–H groups in total. The van der Waals surface area contributed by atoms with E-state index in [2.05, 4.69) is 20.5 Å². The van der Waals surface area contributed by atoms with Gasteiger partial charge in [-0.25, -0.2) is 9.78 Å². The second-order valence-corrected chi connectivity index (χ2v) is 7.33. The van der Waals surface area contributed by atoms with Gasteiger partial charge in [0.15, 0.2) is 0 Å². The van der Waals surface area contributed by atoms with Gasteiger partial charge in [-0.05, 0) is 49.2 Å². The van der Waals surface area contributed by atoms with Gasteiger partial charge < -0.3 is 25.2 Å². The van der Waals surface area contributed by atoms with Crippen LogP contribution in [-0.4, -0.2) is 61.2 Å². The number of rotatable bonds is 8. The van der Waals surface area contributed by atoms with Crippen molar-refractivity contribution < 1.29 is 14.3 Å². The molecule has 8 heteroatoms. The zero-order valence-electron chi connectivity index (χ0n) is 18.3. The van der Waals surface area contributed by atoms with Gasteiger partial charge in [-0.15, -0.1) is 0 Å². The molecule has 3 rings (SSSR count). The first-order chi connectivity index (χ1) is 15.1. The number of benzene rings is 1. The highest BCUT2D eigenvalue weighted by atomic mass is 16.5. The fourth-order valence-electron chi connectivity index (χ4n) is 3.42. The first-order valence-electron chi connectivity index (χ1n) is 10.8. The zero-order chi connectivity index (χ0) is 22.1. The van der Waals surface area contributed by atoms with Gasteiger partial charge in [-0.1, -0.05) is 12.1 Å². The van der Waals surface area contributed by atoms with Crippen molar-refractivity contribution in [2.75, 3.05) is 44.3 Å². The highest BCUT2D eigenvalue weighted by Gasteiger charge is 2.13. The average Bonchev–Trinajstić information content (AvgIpc) is 2.83. The van der Waals surface area contributed by atoms with Crippen molar-refractivity contribution in [3.63, 3.8) is 0 Å². The monoisotopic (exact) mass is 425 g/mol. The van der Waals surface area contributed by atoms with Crippen LogP contribution in [0, 0.1) is 0 Å². The number of urea groups is 1. The topological polar surface area (TPSA) is 86.8 Å². The molecule has 1 saturated heterocycles. The predicted molar refractivity (Wildman–Crippen MR) is 120 cm³/mol. The van der Waals surface area contributed by atoms with Crippen LogP contribution >= 0.6 is 0 Å². The van der Waals surface area contributed by atoms with E-state index in [1.54, 1.807) is 23.2 Å². The van der Waals surface area contributed by atoms with Crippen LogP contribution < -0.4 is 15.5 Å². The van der Waals surface area contributed by atoms with Crippen LogP contribution in [0.25, 0.3) is 0 Å². The molecule has 1 aliphatic heterocycles. The normalized spacial score (nSPS) is 13.5. The summed E-state index contributed by atoms with van der Waals surface area (Å²) in [7, 11) is 0. The first-order valence-corrected chi connectivity index (χ1v) is 10.8. The van der Waals surface area contributed by atoms with E-state index < -0.39 is 0 Å². The van der Waals surface area contributed by atoms with E-state index >= 15 is 0 Å². The molecule has 0 atom stereocenters. The Morgan fingerprint density at radius 3 is 2.29 bits per heavy atom. The van der Waals surface area contributed by atoms with Crippen LogP contribution in [0.5, 0.6) is 0 Å². The van der Waals surface area contributed by atoms with Crippen molar-refractivity contribution in [3.05, 3.63) is 59.3 Å². The molecular formula is C23H31N5O3. The summed E-state index contributed by atoms with van der Waals surface area (Å²) in [5.74, 6) is 0.929. The van der Waals surface area contributed by atoms with Crippen LogP contribution in [0.2, 0.25) is 0 Å². The molecule has 0 unspecified atom stereocenters. The molecule has 1 fully saturated rings. The van der Waals surface area contributed by atoms with Gasteiger partial charge in [0.2, 0.25) is 0 Å². The second kappa shape index (κ2) is 11.3. The summed E-state index contributed by atoms with van der Waals surface area (Å²) in [6.07, 6.45) is 1.76. The molecule has 0 saturated carbocycles. The fourth-order valence-corrected chi connectivity index (χ4v) is 3.42. The number of ether oxygens (including phenoxy) is 1. The largest absolute Gasteiger partial charge is 0.378 e. The number of nitrogens with zero attached hydrogens (tertiary/aromatic N) is 3. The Kier molecular flexibility index (Phi) is 8.23. The molecule has 8 nitrogen and oxygen atoms in total. The van der Waals surface area contributed by atoms with E-state index in [0.717, 1.165) is 30.0 Å². The Labute approximate surface area is 183 Å². The van der Waals surface area contributed by atoms with E-state index in [0.29, 0.717) is 45.0 Å². The van der Waals surface area contributed by atoms with Crippen LogP contribution in [0.1, 0.15) is 35.3 Å². The summed E-state index contributed by atoms with van der Waals surface area (Å²) in [4.78, 5) is 32.9. The summed E-state index contributed by atoms with van der Waals surface area (Å²) in [6, 6.07) is 11.0. The Balaban J connectivity index is 1.46. The van der Waals surface area contributed by atoms with E-state index in [9.17, 15) is 9.59 Å². The van der Waals surface area contributed by atoms with E-state index in [1.165, 1.54) is 0 Å². The second-order valence-electron chi connectivity index (χ2n) is 7.33. The van der Waals surface area contributed by atoms with Crippen molar-refractivity contribution in [2.45, 2.75) is 26.9 Å². The van der Waals surface area contributed by atoms with Crippen molar-refractivity contribution in [3.8, 4) is 0 Å². The summed E-state index contributed by atoms with van der Waals surface area (Å²) in [6.45, 7) is 9.17. The lowest BCUT2D eigenvalue weighted by molar-refractivity contribution is 0.0773. The summed E-state index contributed by atoms with van der Waals surface area (Å²) in [5.41, 5.74) is 2.58. The fraction of sp³-hybridized carbons (Fsp3) is 0.435.